The highest BCUT2D eigenvalue weighted by Gasteiger charge is 2.26. The van der Waals surface area contributed by atoms with Gasteiger partial charge in [0.1, 0.15) is 5.75 Å². The number of benzene rings is 2. The number of methoxy groups -OCH3 is 1. The molecule has 1 aromatic heterocycles. The summed E-state index contributed by atoms with van der Waals surface area (Å²) >= 11 is 0. The number of fused-ring (bicyclic) bond motifs is 4. The van der Waals surface area contributed by atoms with Crippen molar-refractivity contribution in [2.24, 2.45) is 0 Å². The summed E-state index contributed by atoms with van der Waals surface area (Å²) in [5, 5.41) is 4.42. The summed E-state index contributed by atoms with van der Waals surface area (Å²) in [6.07, 6.45) is 4.18. The van der Waals surface area contributed by atoms with Crippen molar-refractivity contribution < 1.29 is 19.0 Å². The van der Waals surface area contributed by atoms with Gasteiger partial charge in [0.2, 0.25) is 5.91 Å². The number of aryl methyl sites for hydroxylation is 1. The van der Waals surface area contributed by atoms with Crippen molar-refractivity contribution in [2.45, 2.75) is 38.1 Å². The van der Waals surface area contributed by atoms with Crippen LogP contribution in [0.15, 0.2) is 36.4 Å². The van der Waals surface area contributed by atoms with Gasteiger partial charge in [-0.1, -0.05) is 6.07 Å². The van der Waals surface area contributed by atoms with Gasteiger partial charge in [-0.3, -0.25) is 4.79 Å². The van der Waals surface area contributed by atoms with Crippen molar-refractivity contribution in [3.05, 3.63) is 53.2 Å². The molecule has 156 valence electrons. The summed E-state index contributed by atoms with van der Waals surface area (Å²) in [6, 6.07) is 11.8. The van der Waals surface area contributed by atoms with Crippen molar-refractivity contribution in [1.29, 1.82) is 0 Å². The Labute approximate surface area is 175 Å². The number of hydrogen-bond acceptors (Lipinski definition) is 4. The summed E-state index contributed by atoms with van der Waals surface area (Å²) in [4.78, 5) is 16.4. The van der Waals surface area contributed by atoms with E-state index >= 15 is 0 Å². The topological polar surface area (TPSA) is 72.6 Å². The second-order valence-electron chi connectivity index (χ2n) is 7.95. The molecule has 6 nitrogen and oxygen atoms in total. The fraction of sp³-hybridized carbons (Fsp3) is 0.375. The number of rotatable bonds is 4. The van der Waals surface area contributed by atoms with Gasteiger partial charge in [0.15, 0.2) is 11.5 Å². The molecule has 2 N–H and O–H groups in total. The van der Waals surface area contributed by atoms with Crippen LogP contribution >= 0.6 is 0 Å². The maximum absolute atomic E-state index is 12.8. The Morgan fingerprint density at radius 1 is 1.13 bits per heavy atom. The molecule has 2 aromatic carbocycles. The average molecular weight is 406 g/mol. The van der Waals surface area contributed by atoms with Gasteiger partial charge in [-0.2, -0.15) is 0 Å². The number of H-pyrrole nitrogens is 1. The van der Waals surface area contributed by atoms with Crippen molar-refractivity contribution in [3.8, 4) is 17.2 Å². The van der Waals surface area contributed by atoms with E-state index in [1.165, 1.54) is 10.9 Å². The van der Waals surface area contributed by atoms with Crippen LogP contribution < -0.4 is 19.5 Å². The van der Waals surface area contributed by atoms with Crippen molar-refractivity contribution in [3.63, 3.8) is 0 Å². The summed E-state index contributed by atoms with van der Waals surface area (Å²) in [6.45, 7) is 1.30. The number of hydrogen-bond donors (Lipinski definition) is 2. The zero-order chi connectivity index (χ0) is 20.5. The number of nitrogens with one attached hydrogen (secondary N) is 2. The van der Waals surface area contributed by atoms with E-state index in [1.807, 2.05) is 30.3 Å². The molecule has 2 heterocycles. The first-order valence-electron chi connectivity index (χ1n) is 10.6. The molecule has 1 amide bonds. The van der Waals surface area contributed by atoms with Crippen LogP contribution in [0.4, 0.5) is 0 Å². The summed E-state index contributed by atoms with van der Waals surface area (Å²) in [5.41, 5.74) is 4.42. The minimum Gasteiger partial charge on any atom is -0.497 e. The first-order chi connectivity index (χ1) is 14.7. The molecule has 0 radical (unpaired) electrons. The molecule has 1 aliphatic heterocycles. The van der Waals surface area contributed by atoms with Gasteiger partial charge in [-0.25, -0.2) is 0 Å². The van der Waals surface area contributed by atoms with Crippen LogP contribution in [0.1, 0.15) is 42.1 Å². The predicted molar refractivity (Wildman–Crippen MR) is 114 cm³/mol. The molecule has 5 rings (SSSR count). The number of carbonyl (C=O) groups excluding carboxylic acids is 1. The molecule has 1 atom stereocenters. The van der Waals surface area contributed by atoms with Gasteiger partial charge >= 0.3 is 0 Å². The van der Waals surface area contributed by atoms with E-state index in [1.54, 1.807) is 7.11 Å². The molecule has 0 bridgehead atoms. The lowest BCUT2D eigenvalue weighted by atomic mass is 9.91. The molecule has 0 saturated carbocycles. The average Bonchev–Trinajstić information content (AvgIpc) is 2.97. The molecular formula is C24H26N2O4. The highest BCUT2D eigenvalue weighted by atomic mass is 16.5. The lowest BCUT2D eigenvalue weighted by molar-refractivity contribution is -0.121. The Bertz CT molecular complexity index is 1090. The third-order valence-electron chi connectivity index (χ3n) is 5.93. The van der Waals surface area contributed by atoms with Gasteiger partial charge in [0, 0.05) is 23.0 Å². The van der Waals surface area contributed by atoms with Gasteiger partial charge in [0.25, 0.3) is 0 Å². The predicted octanol–water partition coefficient (Wildman–Crippen LogP) is 4.07. The van der Waals surface area contributed by atoms with Crippen LogP contribution in [0, 0.1) is 0 Å². The fourth-order valence-electron chi connectivity index (χ4n) is 4.46. The van der Waals surface area contributed by atoms with Crippen molar-refractivity contribution >= 4 is 16.8 Å². The third-order valence-corrected chi connectivity index (χ3v) is 5.93. The highest BCUT2D eigenvalue weighted by Crippen LogP contribution is 2.36. The zero-order valence-corrected chi connectivity index (χ0v) is 17.1. The molecule has 0 saturated heterocycles. The van der Waals surface area contributed by atoms with Gasteiger partial charge < -0.3 is 24.5 Å². The molecule has 2 aliphatic rings. The van der Waals surface area contributed by atoms with Crippen molar-refractivity contribution in [1.82, 2.24) is 10.3 Å². The van der Waals surface area contributed by atoms with E-state index in [-0.39, 0.29) is 11.9 Å². The van der Waals surface area contributed by atoms with Crippen LogP contribution in [0.25, 0.3) is 10.9 Å². The maximum Gasteiger partial charge on any atom is 0.224 e. The smallest absolute Gasteiger partial charge is 0.224 e. The minimum atomic E-state index is 0.0000514. The van der Waals surface area contributed by atoms with Crippen molar-refractivity contribution in [2.75, 3.05) is 20.3 Å². The molecule has 0 unspecified atom stereocenters. The summed E-state index contributed by atoms with van der Waals surface area (Å²) in [7, 11) is 1.68. The van der Waals surface area contributed by atoms with Gasteiger partial charge in [-0.15, -0.1) is 0 Å². The van der Waals surface area contributed by atoms with E-state index in [0.29, 0.717) is 19.6 Å². The normalized spacial score (nSPS) is 17.8. The lowest BCUT2D eigenvalue weighted by Gasteiger charge is -2.24. The monoisotopic (exact) mass is 406 g/mol. The largest absolute Gasteiger partial charge is 0.497 e. The fourth-order valence-corrected chi connectivity index (χ4v) is 4.46. The molecular weight excluding hydrogens is 380 g/mol. The lowest BCUT2D eigenvalue weighted by Crippen LogP contribution is -2.32. The van der Waals surface area contributed by atoms with E-state index in [4.69, 9.17) is 14.2 Å². The first-order valence-corrected chi connectivity index (χ1v) is 10.6. The Balaban J connectivity index is 1.33. The van der Waals surface area contributed by atoms with E-state index in [0.717, 1.165) is 59.7 Å². The molecule has 1 aliphatic carbocycles. The third kappa shape index (κ3) is 3.58. The number of carbonyl (C=O) groups is 1. The van der Waals surface area contributed by atoms with E-state index in [9.17, 15) is 4.79 Å². The Kier molecular flexibility index (Phi) is 4.99. The molecule has 0 fully saturated rings. The summed E-state index contributed by atoms with van der Waals surface area (Å²) < 4.78 is 16.8. The summed E-state index contributed by atoms with van der Waals surface area (Å²) in [5.74, 6) is 2.34. The zero-order valence-electron chi connectivity index (χ0n) is 17.1. The number of aromatic amines is 1. The highest BCUT2D eigenvalue weighted by molar-refractivity contribution is 5.87. The second-order valence-corrected chi connectivity index (χ2v) is 7.95. The first kappa shape index (κ1) is 18.9. The van der Waals surface area contributed by atoms with E-state index in [2.05, 4.69) is 16.4 Å². The SMILES string of the molecule is COc1ccc2[nH]c3c(c2c1)CCC[C@H]3NC(=O)Cc1ccc2c(c1)OCCCO2. The van der Waals surface area contributed by atoms with Crippen LogP contribution in [-0.2, 0) is 17.6 Å². The molecule has 0 spiro atoms. The minimum absolute atomic E-state index is 0.0000514. The second kappa shape index (κ2) is 7.94. The Morgan fingerprint density at radius 2 is 2.00 bits per heavy atom. The number of amides is 1. The maximum atomic E-state index is 12.8. The Hall–Kier alpha value is -3.15. The van der Waals surface area contributed by atoms with Crippen LogP contribution in [0.3, 0.4) is 0 Å². The number of ether oxygens (including phenoxy) is 3. The molecule has 6 heteroatoms. The van der Waals surface area contributed by atoms with Crippen LogP contribution in [0.2, 0.25) is 0 Å². The quantitative estimate of drug-likeness (QED) is 0.685. The Morgan fingerprint density at radius 3 is 2.87 bits per heavy atom. The molecule has 30 heavy (non-hydrogen) atoms. The standard InChI is InChI=1S/C24H26N2O4/c1-28-16-7-8-19-18(14-16)17-4-2-5-20(24(17)26-19)25-23(27)13-15-6-9-21-22(12-15)30-11-3-10-29-21/h6-9,12,14,20,26H,2-5,10-11,13H2,1H3,(H,25,27)/t20-/m1/s1. The van der Waals surface area contributed by atoms with Gasteiger partial charge in [-0.05, 0) is 60.7 Å². The number of aromatic nitrogens is 1. The van der Waals surface area contributed by atoms with Crippen LogP contribution in [0.5, 0.6) is 17.2 Å². The molecule has 3 aromatic rings. The van der Waals surface area contributed by atoms with E-state index < -0.39 is 0 Å². The van der Waals surface area contributed by atoms with Crippen LogP contribution in [-0.4, -0.2) is 31.2 Å². The van der Waals surface area contributed by atoms with Gasteiger partial charge in [0.05, 0.1) is 32.8 Å².